The molecule has 0 aliphatic heterocycles. The van der Waals surface area contributed by atoms with Gasteiger partial charge in [0.05, 0.1) is 23.8 Å². The van der Waals surface area contributed by atoms with Crippen molar-refractivity contribution in [2.24, 2.45) is 0 Å². The van der Waals surface area contributed by atoms with E-state index in [1.54, 1.807) is 37.4 Å². The summed E-state index contributed by atoms with van der Waals surface area (Å²) in [6.07, 6.45) is 0. The molecule has 0 aliphatic rings. The summed E-state index contributed by atoms with van der Waals surface area (Å²) < 4.78 is 10.4. The molecule has 2 aromatic carbocycles. The lowest BCUT2D eigenvalue weighted by Gasteiger charge is -2.10. The summed E-state index contributed by atoms with van der Waals surface area (Å²) in [5.41, 5.74) is 0.855. The van der Waals surface area contributed by atoms with Gasteiger partial charge in [0, 0.05) is 17.2 Å². The highest BCUT2D eigenvalue weighted by Gasteiger charge is 2.16. The van der Waals surface area contributed by atoms with E-state index >= 15 is 0 Å². The van der Waals surface area contributed by atoms with Gasteiger partial charge in [0.15, 0.2) is 5.78 Å². The number of methoxy groups -OCH3 is 1. The number of carbonyl (C=O) groups excluding carboxylic acids is 1. The first-order chi connectivity index (χ1) is 10.1. The third kappa shape index (κ3) is 3.49. The summed E-state index contributed by atoms with van der Waals surface area (Å²) in [7, 11) is 1.57. The van der Waals surface area contributed by atoms with Crippen molar-refractivity contribution in [3.05, 3.63) is 57.6 Å². The predicted octanol–water partition coefficient (Wildman–Crippen LogP) is 4.63. The summed E-state index contributed by atoms with van der Waals surface area (Å²) in [4.78, 5) is 12.5. The summed E-state index contributed by atoms with van der Waals surface area (Å²) in [6, 6.07) is 9.89. The van der Waals surface area contributed by atoms with Crippen LogP contribution in [0.4, 0.5) is 0 Å². The standard InChI is InChI=1S/C16H14Cl2O3/c1-3-21-15-9-13(17)12(8-14(15)18)16(19)10-4-6-11(20-2)7-5-10/h4-9H,3H2,1-2H3. The maximum absolute atomic E-state index is 12.5. The fraction of sp³-hybridized carbons (Fsp3) is 0.188. The molecule has 0 heterocycles. The molecule has 110 valence electrons. The second kappa shape index (κ2) is 6.83. The average molecular weight is 325 g/mol. The van der Waals surface area contributed by atoms with E-state index in [0.717, 1.165) is 0 Å². The van der Waals surface area contributed by atoms with Crippen molar-refractivity contribution in [1.82, 2.24) is 0 Å². The second-order valence-electron chi connectivity index (χ2n) is 4.25. The molecule has 0 fully saturated rings. The van der Waals surface area contributed by atoms with Gasteiger partial charge >= 0.3 is 0 Å². The molecule has 2 aromatic rings. The van der Waals surface area contributed by atoms with Crippen LogP contribution in [-0.4, -0.2) is 19.5 Å². The van der Waals surface area contributed by atoms with Crippen LogP contribution in [0.25, 0.3) is 0 Å². The van der Waals surface area contributed by atoms with E-state index in [4.69, 9.17) is 32.7 Å². The summed E-state index contributed by atoms with van der Waals surface area (Å²) >= 11 is 12.3. The molecule has 0 saturated carbocycles. The van der Waals surface area contributed by atoms with Crippen molar-refractivity contribution in [3.8, 4) is 11.5 Å². The van der Waals surface area contributed by atoms with E-state index in [-0.39, 0.29) is 5.78 Å². The zero-order valence-corrected chi connectivity index (χ0v) is 13.2. The van der Waals surface area contributed by atoms with Crippen molar-refractivity contribution in [3.63, 3.8) is 0 Å². The lowest BCUT2D eigenvalue weighted by Crippen LogP contribution is -2.03. The Bertz CT molecular complexity index is 651. The van der Waals surface area contributed by atoms with Crippen LogP contribution in [-0.2, 0) is 0 Å². The summed E-state index contributed by atoms with van der Waals surface area (Å²) in [5, 5.41) is 0.668. The smallest absolute Gasteiger partial charge is 0.194 e. The highest BCUT2D eigenvalue weighted by molar-refractivity contribution is 6.37. The van der Waals surface area contributed by atoms with Gasteiger partial charge in [0.2, 0.25) is 0 Å². The van der Waals surface area contributed by atoms with E-state index in [1.807, 2.05) is 6.92 Å². The van der Waals surface area contributed by atoms with Crippen molar-refractivity contribution in [2.75, 3.05) is 13.7 Å². The fourth-order valence-electron chi connectivity index (χ4n) is 1.87. The average Bonchev–Trinajstić information content (AvgIpc) is 2.50. The lowest BCUT2D eigenvalue weighted by atomic mass is 10.0. The molecule has 0 amide bonds. The van der Waals surface area contributed by atoms with Gasteiger partial charge < -0.3 is 9.47 Å². The molecule has 5 heteroatoms. The van der Waals surface area contributed by atoms with Crippen molar-refractivity contribution in [1.29, 1.82) is 0 Å². The molecule has 0 saturated heterocycles. The maximum atomic E-state index is 12.5. The van der Waals surface area contributed by atoms with Gasteiger partial charge in [-0.25, -0.2) is 0 Å². The first-order valence-corrected chi connectivity index (χ1v) is 7.13. The molecule has 21 heavy (non-hydrogen) atoms. The number of benzene rings is 2. The van der Waals surface area contributed by atoms with Crippen LogP contribution in [0.2, 0.25) is 10.0 Å². The van der Waals surface area contributed by atoms with Gasteiger partial charge in [0.1, 0.15) is 11.5 Å². The van der Waals surface area contributed by atoms with Crippen molar-refractivity contribution >= 4 is 29.0 Å². The molecule has 0 spiro atoms. The second-order valence-corrected chi connectivity index (χ2v) is 5.07. The van der Waals surface area contributed by atoms with Crippen LogP contribution < -0.4 is 9.47 Å². The Morgan fingerprint density at radius 2 is 1.76 bits per heavy atom. The third-order valence-electron chi connectivity index (χ3n) is 2.92. The highest BCUT2D eigenvalue weighted by Crippen LogP contribution is 2.32. The Labute approximate surface area is 133 Å². The number of ketones is 1. The molecule has 2 rings (SSSR count). The van der Waals surface area contributed by atoms with Gasteiger partial charge in [-0.3, -0.25) is 4.79 Å². The first kappa shape index (κ1) is 15.7. The Morgan fingerprint density at radius 1 is 1.10 bits per heavy atom. The molecular weight excluding hydrogens is 311 g/mol. The number of carbonyl (C=O) groups is 1. The van der Waals surface area contributed by atoms with Crippen LogP contribution in [0.3, 0.4) is 0 Å². The van der Waals surface area contributed by atoms with E-state index < -0.39 is 0 Å². The number of rotatable bonds is 5. The van der Waals surface area contributed by atoms with Crippen molar-refractivity contribution < 1.29 is 14.3 Å². The molecule has 0 N–H and O–H groups in total. The summed E-state index contributed by atoms with van der Waals surface area (Å²) in [5.74, 6) is 0.949. The van der Waals surface area contributed by atoms with E-state index in [2.05, 4.69) is 0 Å². The minimum absolute atomic E-state index is 0.201. The monoisotopic (exact) mass is 324 g/mol. The Balaban J connectivity index is 2.36. The minimum atomic E-state index is -0.201. The molecule has 0 aliphatic carbocycles. The topological polar surface area (TPSA) is 35.5 Å². The quantitative estimate of drug-likeness (QED) is 0.752. The fourth-order valence-corrected chi connectivity index (χ4v) is 2.32. The third-order valence-corrected chi connectivity index (χ3v) is 3.53. The Kier molecular flexibility index (Phi) is 5.10. The van der Waals surface area contributed by atoms with Crippen LogP contribution in [0.15, 0.2) is 36.4 Å². The number of ether oxygens (including phenoxy) is 2. The van der Waals surface area contributed by atoms with Crippen LogP contribution in [0.1, 0.15) is 22.8 Å². The maximum Gasteiger partial charge on any atom is 0.194 e. The van der Waals surface area contributed by atoms with Gasteiger partial charge in [-0.15, -0.1) is 0 Å². The molecule has 0 aromatic heterocycles. The van der Waals surface area contributed by atoms with Crippen LogP contribution >= 0.6 is 23.2 Å². The van der Waals surface area contributed by atoms with Crippen LogP contribution in [0.5, 0.6) is 11.5 Å². The van der Waals surface area contributed by atoms with Gasteiger partial charge in [0.25, 0.3) is 0 Å². The van der Waals surface area contributed by atoms with E-state index in [0.29, 0.717) is 39.3 Å². The number of hydrogen-bond acceptors (Lipinski definition) is 3. The van der Waals surface area contributed by atoms with Crippen molar-refractivity contribution in [2.45, 2.75) is 6.92 Å². The molecule has 0 atom stereocenters. The molecular formula is C16H14Cl2O3. The zero-order valence-electron chi connectivity index (χ0n) is 11.7. The van der Waals surface area contributed by atoms with Gasteiger partial charge in [-0.05, 0) is 37.3 Å². The summed E-state index contributed by atoms with van der Waals surface area (Å²) in [6.45, 7) is 2.32. The highest BCUT2D eigenvalue weighted by atomic mass is 35.5. The lowest BCUT2D eigenvalue weighted by molar-refractivity contribution is 0.103. The first-order valence-electron chi connectivity index (χ1n) is 6.37. The normalized spacial score (nSPS) is 10.3. The molecule has 0 unspecified atom stereocenters. The molecule has 0 bridgehead atoms. The van der Waals surface area contributed by atoms with Crippen LogP contribution in [0, 0.1) is 0 Å². The van der Waals surface area contributed by atoms with E-state index in [9.17, 15) is 4.79 Å². The zero-order chi connectivity index (χ0) is 15.4. The largest absolute Gasteiger partial charge is 0.497 e. The Hall–Kier alpha value is -1.71. The SMILES string of the molecule is CCOc1cc(Cl)c(C(=O)c2ccc(OC)cc2)cc1Cl. The Morgan fingerprint density at radius 3 is 2.33 bits per heavy atom. The van der Waals surface area contributed by atoms with Gasteiger partial charge in [-0.2, -0.15) is 0 Å². The predicted molar refractivity (Wildman–Crippen MR) is 84.1 cm³/mol. The minimum Gasteiger partial charge on any atom is -0.497 e. The number of halogens is 2. The number of hydrogen-bond donors (Lipinski definition) is 0. The van der Waals surface area contributed by atoms with Gasteiger partial charge in [-0.1, -0.05) is 23.2 Å². The molecule has 0 radical (unpaired) electrons. The van der Waals surface area contributed by atoms with E-state index in [1.165, 1.54) is 6.07 Å². The molecule has 3 nitrogen and oxygen atoms in total.